The summed E-state index contributed by atoms with van der Waals surface area (Å²) >= 11 is 0. The smallest absolute Gasteiger partial charge is 0.367 e. The van der Waals surface area contributed by atoms with Crippen molar-refractivity contribution in [3.05, 3.63) is 201 Å². The summed E-state index contributed by atoms with van der Waals surface area (Å²) in [4.78, 5) is 0. The molecule has 0 fully saturated rings. The molecule has 0 amide bonds. The Morgan fingerprint density at radius 2 is 1.10 bits per heavy atom. The van der Waals surface area contributed by atoms with E-state index in [-0.39, 0.29) is 11.5 Å². The van der Waals surface area contributed by atoms with Gasteiger partial charge in [0.05, 0.1) is 22.8 Å². The van der Waals surface area contributed by atoms with Crippen molar-refractivity contribution >= 4 is 16.9 Å². The zero-order chi connectivity index (χ0) is 41.5. The third-order valence-electron chi connectivity index (χ3n) is 10.4. The molecule has 298 valence electrons. The lowest BCUT2D eigenvalue weighted by atomic mass is 9.85. The zero-order valence-corrected chi connectivity index (χ0v) is 30.7. The van der Waals surface area contributed by atoms with Crippen LogP contribution >= 0.6 is 0 Å². The van der Waals surface area contributed by atoms with Crippen LogP contribution in [0.4, 0.5) is 43.9 Å². The van der Waals surface area contributed by atoms with Crippen molar-refractivity contribution in [1.29, 1.82) is 0 Å². The van der Waals surface area contributed by atoms with Crippen LogP contribution in [0.2, 0.25) is 0 Å². The van der Waals surface area contributed by atoms with Gasteiger partial charge in [-0.05, 0) is 73.0 Å². The average molecular weight is 816 g/mol. The average Bonchev–Trinajstić information content (AvgIpc) is 3.26. The third kappa shape index (κ3) is 7.10. The van der Waals surface area contributed by atoms with Crippen molar-refractivity contribution in [3.63, 3.8) is 0 Å². The maximum atomic E-state index is 15.1. The summed E-state index contributed by atoms with van der Waals surface area (Å²) in [7, 11) is 0. The molecule has 0 radical (unpaired) electrons. The maximum absolute atomic E-state index is 15.1. The van der Waals surface area contributed by atoms with Gasteiger partial charge in [-0.3, -0.25) is 0 Å². The van der Waals surface area contributed by atoms with Gasteiger partial charge in [0.25, 0.3) is 0 Å². The topological polar surface area (TPSA) is 20.5 Å². The first-order valence-electron chi connectivity index (χ1n) is 18.5. The predicted molar refractivity (Wildman–Crippen MR) is 203 cm³/mol. The first-order valence-corrected chi connectivity index (χ1v) is 18.5. The molecule has 59 heavy (non-hydrogen) atoms. The number of allylic oxidation sites excluding steroid dienone is 10. The molecular formula is C47H29F10O2+. The number of hydrogen-bond donors (Lipinski definition) is 0. The second kappa shape index (κ2) is 16.1. The molecule has 1 aliphatic heterocycles. The summed E-state index contributed by atoms with van der Waals surface area (Å²) in [6.07, 6.45) is 12.9. The Labute approximate surface area is 331 Å². The van der Waals surface area contributed by atoms with Crippen LogP contribution in [-0.2, 0) is 11.2 Å². The monoisotopic (exact) mass is 815 g/mol. The van der Waals surface area contributed by atoms with Gasteiger partial charge in [-0.1, -0.05) is 85.0 Å². The van der Waals surface area contributed by atoms with Crippen LogP contribution in [0.5, 0.6) is 0 Å². The highest BCUT2D eigenvalue weighted by Gasteiger charge is 2.37. The first-order chi connectivity index (χ1) is 28.5. The van der Waals surface area contributed by atoms with E-state index in [1.165, 1.54) is 12.1 Å². The molecule has 0 unspecified atom stereocenters. The molecule has 3 aliphatic rings. The Kier molecular flexibility index (Phi) is 10.7. The number of fused-ring (bicyclic) bond motifs is 2. The van der Waals surface area contributed by atoms with E-state index in [9.17, 15) is 26.3 Å². The first kappa shape index (κ1) is 39.4. The molecule has 2 aliphatic carbocycles. The Morgan fingerprint density at radius 3 is 1.73 bits per heavy atom. The fourth-order valence-electron chi connectivity index (χ4n) is 7.60. The second-order valence-corrected chi connectivity index (χ2v) is 14.0. The molecule has 0 atom stereocenters. The second-order valence-electron chi connectivity index (χ2n) is 14.0. The number of ether oxygens (including phenoxy) is 1. The highest BCUT2D eigenvalue weighted by molar-refractivity contribution is 5.89. The molecule has 0 saturated heterocycles. The van der Waals surface area contributed by atoms with E-state index in [0.29, 0.717) is 83.1 Å². The van der Waals surface area contributed by atoms with E-state index in [2.05, 4.69) is 0 Å². The molecule has 4 aromatic carbocycles. The van der Waals surface area contributed by atoms with Crippen LogP contribution < -0.4 is 0 Å². The summed E-state index contributed by atoms with van der Waals surface area (Å²) in [6.45, 7) is 0. The van der Waals surface area contributed by atoms with Gasteiger partial charge in [0.15, 0.2) is 52.1 Å². The van der Waals surface area contributed by atoms with Crippen LogP contribution in [-0.4, -0.2) is 0 Å². The minimum atomic E-state index is -2.29. The van der Waals surface area contributed by atoms with Crippen molar-refractivity contribution in [2.45, 2.75) is 38.5 Å². The minimum Gasteiger partial charge on any atom is -0.456 e. The van der Waals surface area contributed by atoms with Crippen molar-refractivity contribution in [3.8, 4) is 22.5 Å². The highest BCUT2D eigenvalue weighted by Crippen LogP contribution is 2.46. The Balaban J connectivity index is 1.18. The normalized spacial score (nSPS) is 16.2. The van der Waals surface area contributed by atoms with Gasteiger partial charge in [0, 0.05) is 11.1 Å². The lowest BCUT2D eigenvalue weighted by molar-refractivity contribution is 0.346. The van der Waals surface area contributed by atoms with Crippen LogP contribution in [0.3, 0.4) is 0 Å². The summed E-state index contributed by atoms with van der Waals surface area (Å²) in [5.74, 6) is -21.8. The summed E-state index contributed by atoms with van der Waals surface area (Å²) in [5, 5.41) is 0. The quantitative estimate of drug-likeness (QED) is 0.0536. The molecule has 2 heterocycles. The number of halogens is 10. The van der Waals surface area contributed by atoms with Crippen LogP contribution in [0.15, 0.2) is 125 Å². The van der Waals surface area contributed by atoms with E-state index in [1.807, 2.05) is 0 Å². The zero-order valence-electron chi connectivity index (χ0n) is 30.7. The van der Waals surface area contributed by atoms with Crippen molar-refractivity contribution < 1.29 is 53.1 Å². The van der Waals surface area contributed by atoms with Gasteiger partial charge in [0.1, 0.15) is 11.5 Å². The fourth-order valence-corrected chi connectivity index (χ4v) is 7.60. The third-order valence-corrected chi connectivity index (χ3v) is 10.4. The standard InChI is InChI=1S/C47H29F10O2/c48-36-34(37(49)41(53)44(56)40(36)52)32-22-30(24-12-4-1-5-13-24)28-20-10-18-26(46(28)58-32)16-8-3-9-17-27-19-11-21-29-31(25-14-6-2-7-15-25)23-33(59-47(27)29)35-38(50)42(54)45(57)43(55)39(35)51/h1-9,12-17,22-23H,10-11,18-21H2/q+1. The SMILES string of the molecule is Fc1c(F)c(F)c(C2=CC(c3ccccc3)=C3CCCC(/C=C/C=C/C=C4\CCCc5c(-c6ccccc6)cc(-c6c(F)c(F)c(F)c(F)c6F)[o+]c54)=C3O2)c(F)c1F. The van der Waals surface area contributed by atoms with Crippen LogP contribution in [0, 0.1) is 58.2 Å². The van der Waals surface area contributed by atoms with E-state index in [1.54, 1.807) is 91.0 Å². The molecule has 8 rings (SSSR count). The molecule has 1 aromatic heterocycles. The van der Waals surface area contributed by atoms with E-state index >= 15 is 17.6 Å². The van der Waals surface area contributed by atoms with Crippen molar-refractivity contribution in [2.75, 3.05) is 0 Å². The molecule has 0 spiro atoms. The highest BCUT2D eigenvalue weighted by atomic mass is 19.2. The summed E-state index contributed by atoms with van der Waals surface area (Å²) in [6, 6.07) is 18.8. The Hall–Kier alpha value is -6.43. The number of hydrogen-bond acceptors (Lipinski definition) is 1. The number of benzene rings is 4. The van der Waals surface area contributed by atoms with Gasteiger partial charge < -0.3 is 4.74 Å². The van der Waals surface area contributed by atoms with Gasteiger partial charge in [-0.2, -0.15) is 0 Å². The minimum absolute atomic E-state index is 0.216. The summed E-state index contributed by atoms with van der Waals surface area (Å²) < 4.78 is 158. The molecule has 12 heteroatoms. The lowest BCUT2D eigenvalue weighted by Crippen LogP contribution is -2.14. The van der Waals surface area contributed by atoms with E-state index in [4.69, 9.17) is 9.15 Å². The van der Waals surface area contributed by atoms with Gasteiger partial charge >= 0.3 is 11.5 Å². The van der Waals surface area contributed by atoms with Gasteiger partial charge in [-0.15, -0.1) is 0 Å². The predicted octanol–water partition coefficient (Wildman–Crippen LogP) is 14.1. The van der Waals surface area contributed by atoms with Crippen molar-refractivity contribution in [2.24, 2.45) is 0 Å². The Morgan fingerprint density at radius 1 is 0.542 bits per heavy atom. The van der Waals surface area contributed by atoms with E-state index < -0.39 is 80.8 Å². The summed E-state index contributed by atoms with van der Waals surface area (Å²) in [5.41, 5.74) is 2.41. The largest absolute Gasteiger partial charge is 0.456 e. The lowest BCUT2D eigenvalue weighted by Gasteiger charge is -2.29. The van der Waals surface area contributed by atoms with Crippen LogP contribution in [0.25, 0.3) is 39.4 Å². The fraction of sp³-hybridized carbons (Fsp3) is 0.128. The molecule has 5 aromatic rings. The molecular weight excluding hydrogens is 786 g/mol. The van der Waals surface area contributed by atoms with Crippen molar-refractivity contribution in [1.82, 2.24) is 0 Å². The Bertz CT molecular complexity index is 2670. The van der Waals surface area contributed by atoms with Gasteiger partial charge in [-0.25, -0.2) is 48.3 Å². The number of rotatable bonds is 7. The molecule has 0 N–H and O–H groups in total. The van der Waals surface area contributed by atoms with Gasteiger partial charge in [0.2, 0.25) is 11.6 Å². The maximum Gasteiger partial charge on any atom is 0.367 e. The molecule has 2 nitrogen and oxygen atoms in total. The van der Waals surface area contributed by atoms with Crippen LogP contribution in [0.1, 0.15) is 54.6 Å². The molecule has 0 bridgehead atoms. The molecule has 0 saturated carbocycles. The van der Waals surface area contributed by atoms with E-state index in [0.717, 1.165) is 0 Å².